The molecule has 0 bridgehead atoms. The molecule has 0 aliphatic carbocycles. The SMILES string of the molecule is CC(C)(C)c1nnc(SCCC(=O)NCc2ccccc2)n1-c1ccccc1. The maximum absolute atomic E-state index is 12.2. The summed E-state index contributed by atoms with van der Waals surface area (Å²) in [5.74, 6) is 1.60. The van der Waals surface area contributed by atoms with E-state index >= 15 is 0 Å². The first kappa shape index (κ1) is 20.1. The Morgan fingerprint density at radius 3 is 2.29 bits per heavy atom. The maximum Gasteiger partial charge on any atom is 0.221 e. The van der Waals surface area contributed by atoms with Crippen LogP contribution in [0.15, 0.2) is 65.8 Å². The normalized spacial score (nSPS) is 11.4. The maximum atomic E-state index is 12.2. The van der Waals surface area contributed by atoms with Crippen LogP contribution in [0.1, 0.15) is 38.6 Å². The Labute approximate surface area is 170 Å². The molecule has 0 radical (unpaired) electrons. The fraction of sp³-hybridized carbons (Fsp3) is 0.318. The van der Waals surface area contributed by atoms with Crippen molar-refractivity contribution in [2.24, 2.45) is 0 Å². The van der Waals surface area contributed by atoms with Crippen LogP contribution in [0, 0.1) is 0 Å². The number of para-hydroxylation sites is 1. The van der Waals surface area contributed by atoms with Gasteiger partial charge in [0.1, 0.15) is 5.82 Å². The summed E-state index contributed by atoms with van der Waals surface area (Å²) in [5, 5.41) is 12.6. The van der Waals surface area contributed by atoms with Crippen molar-refractivity contribution in [2.75, 3.05) is 5.75 Å². The number of hydrogen-bond donors (Lipinski definition) is 1. The summed E-state index contributed by atoms with van der Waals surface area (Å²) in [5.41, 5.74) is 2.00. The molecule has 1 N–H and O–H groups in total. The third-order valence-electron chi connectivity index (χ3n) is 4.21. The lowest BCUT2D eigenvalue weighted by atomic mass is 9.95. The first-order chi connectivity index (χ1) is 13.4. The number of carbonyl (C=O) groups is 1. The molecule has 0 saturated heterocycles. The lowest BCUT2D eigenvalue weighted by molar-refractivity contribution is -0.120. The van der Waals surface area contributed by atoms with Gasteiger partial charge in [0.25, 0.3) is 0 Å². The predicted molar refractivity (Wildman–Crippen MR) is 114 cm³/mol. The van der Waals surface area contributed by atoms with Crippen molar-refractivity contribution in [3.63, 3.8) is 0 Å². The van der Waals surface area contributed by atoms with Crippen LogP contribution < -0.4 is 5.32 Å². The summed E-state index contributed by atoms with van der Waals surface area (Å²) in [6.45, 7) is 6.94. The molecule has 2 aromatic carbocycles. The van der Waals surface area contributed by atoms with E-state index in [9.17, 15) is 4.79 Å². The fourth-order valence-corrected chi connectivity index (χ4v) is 3.67. The van der Waals surface area contributed by atoms with Gasteiger partial charge in [-0.3, -0.25) is 9.36 Å². The van der Waals surface area contributed by atoms with Gasteiger partial charge in [-0.15, -0.1) is 10.2 Å². The summed E-state index contributed by atoms with van der Waals surface area (Å²) < 4.78 is 2.09. The second-order valence-electron chi connectivity index (χ2n) is 7.59. The molecular formula is C22H26N4OS. The highest BCUT2D eigenvalue weighted by atomic mass is 32.2. The molecule has 0 aliphatic heterocycles. The molecule has 6 heteroatoms. The Morgan fingerprint density at radius 1 is 1.00 bits per heavy atom. The zero-order valence-corrected chi connectivity index (χ0v) is 17.4. The Bertz CT molecular complexity index is 901. The van der Waals surface area contributed by atoms with Crippen LogP contribution in [0.2, 0.25) is 0 Å². The molecule has 0 spiro atoms. The third kappa shape index (κ3) is 5.23. The predicted octanol–water partition coefficient (Wildman–Crippen LogP) is 4.36. The number of hydrogen-bond acceptors (Lipinski definition) is 4. The van der Waals surface area contributed by atoms with Gasteiger partial charge in [0, 0.05) is 29.8 Å². The van der Waals surface area contributed by atoms with E-state index in [1.54, 1.807) is 11.8 Å². The molecule has 1 amide bonds. The molecule has 1 heterocycles. The average molecular weight is 395 g/mol. The number of thioether (sulfide) groups is 1. The quantitative estimate of drug-likeness (QED) is 0.605. The summed E-state index contributed by atoms with van der Waals surface area (Å²) in [6, 6.07) is 20.0. The van der Waals surface area contributed by atoms with Crippen LogP contribution in [0.25, 0.3) is 5.69 Å². The largest absolute Gasteiger partial charge is 0.352 e. The number of benzene rings is 2. The Morgan fingerprint density at radius 2 is 1.64 bits per heavy atom. The Hall–Kier alpha value is -2.60. The van der Waals surface area contributed by atoms with Crippen molar-refractivity contribution in [2.45, 2.75) is 44.3 Å². The molecule has 0 atom stereocenters. The summed E-state index contributed by atoms with van der Waals surface area (Å²) in [4.78, 5) is 12.2. The van der Waals surface area contributed by atoms with E-state index in [1.165, 1.54) is 0 Å². The lowest BCUT2D eigenvalue weighted by Gasteiger charge is -2.19. The van der Waals surface area contributed by atoms with Gasteiger partial charge in [-0.1, -0.05) is 81.1 Å². The van der Waals surface area contributed by atoms with Gasteiger partial charge >= 0.3 is 0 Å². The Kier molecular flexibility index (Phi) is 6.52. The van der Waals surface area contributed by atoms with E-state index in [1.807, 2.05) is 48.5 Å². The number of amides is 1. The molecule has 0 fully saturated rings. The topological polar surface area (TPSA) is 59.8 Å². The van der Waals surface area contributed by atoms with Gasteiger partial charge in [-0.25, -0.2) is 0 Å². The molecule has 0 aliphatic rings. The molecule has 0 saturated carbocycles. The molecular weight excluding hydrogens is 368 g/mol. The molecule has 3 aromatic rings. The first-order valence-electron chi connectivity index (χ1n) is 9.40. The van der Waals surface area contributed by atoms with Crippen LogP contribution in [-0.4, -0.2) is 26.4 Å². The molecule has 146 valence electrons. The van der Waals surface area contributed by atoms with Crippen molar-refractivity contribution in [3.05, 3.63) is 72.1 Å². The second kappa shape index (κ2) is 9.06. The number of nitrogens with one attached hydrogen (secondary N) is 1. The fourth-order valence-electron chi connectivity index (χ4n) is 2.78. The van der Waals surface area contributed by atoms with Crippen molar-refractivity contribution >= 4 is 17.7 Å². The minimum atomic E-state index is -0.130. The van der Waals surface area contributed by atoms with E-state index < -0.39 is 0 Å². The van der Waals surface area contributed by atoms with Gasteiger partial charge in [0.05, 0.1) is 0 Å². The third-order valence-corrected chi connectivity index (χ3v) is 5.14. The average Bonchev–Trinajstić information content (AvgIpc) is 3.12. The number of carbonyl (C=O) groups excluding carboxylic acids is 1. The summed E-state index contributed by atoms with van der Waals surface area (Å²) in [6.07, 6.45) is 0.435. The number of nitrogens with zero attached hydrogens (tertiary/aromatic N) is 3. The van der Waals surface area contributed by atoms with Gasteiger partial charge in [-0.05, 0) is 17.7 Å². The molecule has 28 heavy (non-hydrogen) atoms. The molecule has 5 nitrogen and oxygen atoms in total. The van der Waals surface area contributed by atoms with Crippen molar-refractivity contribution in [3.8, 4) is 5.69 Å². The van der Waals surface area contributed by atoms with Crippen LogP contribution >= 0.6 is 11.8 Å². The van der Waals surface area contributed by atoms with E-state index in [0.29, 0.717) is 18.7 Å². The van der Waals surface area contributed by atoms with Crippen LogP contribution in [0.5, 0.6) is 0 Å². The minimum Gasteiger partial charge on any atom is -0.352 e. The monoisotopic (exact) mass is 394 g/mol. The van der Waals surface area contributed by atoms with Gasteiger partial charge in [-0.2, -0.15) is 0 Å². The van der Waals surface area contributed by atoms with Crippen molar-refractivity contribution in [1.82, 2.24) is 20.1 Å². The van der Waals surface area contributed by atoms with Crippen LogP contribution in [0.3, 0.4) is 0 Å². The molecule has 3 rings (SSSR count). The lowest BCUT2D eigenvalue weighted by Crippen LogP contribution is -2.23. The second-order valence-corrected chi connectivity index (χ2v) is 8.65. The molecule has 0 unspecified atom stereocenters. The minimum absolute atomic E-state index is 0.0400. The van der Waals surface area contributed by atoms with Crippen molar-refractivity contribution in [1.29, 1.82) is 0 Å². The molecule has 1 aromatic heterocycles. The van der Waals surface area contributed by atoms with E-state index in [2.05, 4.69) is 53.0 Å². The van der Waals surface area contributed by atoms with E-state index in [-0.39, 0.29) is 11.3 Å². The first-order valence-corrected chi connectivity index (χ1v) is 10.4. The van der Waals surface area contributed by atoms with Gasteiger partial charge in [0.15, 0.2) is 5.16 Å². The zero-order chi connectivity index (χ0) is 20.0. The van der Waals surface area contributed by atoms with Crippen LogP contribution in [-0.2, 0) is 16.8 Å². The number of rotatable bonds is 7. The van der Waals surface area contributed by atoms with Gasteiger partial charge in [0.2, 0.25) is 5.91 Å². The van der Waals surface area contributed by atoms with Crippen LogP contribution in [0.4, 0.5) is 0 Å². The summed E-state index contributed by atoms with van der Waals surface area (Å²) in [7, 11) is 0. The highest BCUT2D eigenvalue weighted by Crippen LogP contribution is 2.29. The highest BCUT2D eigenvalue weighted by Gasteiger charge is 2.25. The van der Waals surface area contributed by atoms with Gasteiger partial charge < -0.3 is 5.32 Å². The summed E-state index contributed by atoms with van der Waals surface area (Å²) >= 11 is 1.56. The zero-order valence-electron chi connectivity index (χ0n) is 16.6. The van der Waals surface area contributed by atoms with Crippen molar-refractivity contribution < 1.29 is 4.79 Å². The standard InChI is InChI=1S/C22H26N4OS/c1-22(2,3)20-24-25-21(26(20)18-12-8-5-9-13-18)28-15-14-19(27)23-16-17-10-6-4-7-11-17/h4-13H,14-16H2,1-3H3,(H,23,27). The number of aromatic nitrogens is 3. The highest BCUT2D eigenvalue weighted by molar-refractivity contribution is 7.99. The smallest absolute Gasteiger partial charge is 0.221 e. The van der Waals surface area contributed by atoms with E-state index in [0.717, 1.165) is 22.2 Å². The van der Waals surface area contributed by atoms with E-state index in [4.69, 9.17) is 0 Å². The Balaban J connectivity index is 1.63.